The van der Waals surface area contributed by atoms with Crippen LogP contribution in [0.4, 0.5) is 4.39 Å². The lowest BCUT2D eigenvalue weighted by Gasteiger charge is -2.27. The molecule has 0 atom stereocenters. The van der Waals surface area contributed by atoms with E-state index in [0.29, 0.717) is 12.1 Å². The molecule has 0 spiro atoms. The van der Waals surface area contributed by atoms with Crippen LogP contribution in [0.3, 0.4) is 0 Å². The molecule has 1 aliphatic rings. The fraction of sp³-hybridized carbons (Fsp3) is 0.462. The first kappa shape index (κ1) is 13.8. The number of nitrogens with two attached hydrogens (primary N) is 1. The van der Waals surface area contributed by atoms with Crippen molar-refractivity contribution in [3.8, 4) is 0 Å². The lowest BCUT2D eigenvalue weighted by atomic mass is 10.1. The van der Waals surface area contributed by atoms with Gasteiger partial charge in [-0.3, -0.25) is 5.43 Å². The first-order valence-electron chi connectivity index (χ1n) is 6.45. The van der Waals surface area contributed by atoms with Gasteiger partial charge in [0.05, 0.1) is 0 Å². The van der Waals surface area contributed by atoms with Crippen LogP contribution in [0.25, 0.3) is 0 Å². The number of piperidine rings is 1. The highest BCUT2D eigenvalue weighted by atomic mass is 19.1. The van der Waals surface area contributed by atoms with Crippen LogP contribution in [0.2, 0.25) is 0 Å². The zero-order valence-electron chi connectivity index (χ0n) is 10.8. The third-order valence-electron chi connectivity index (χ3n) is 3.30. The average molecular weight is 266 g/mol. The SMILES string of the molecule is N/C(=N/O)c1cc(F)ccc1CNN1CCCCC1. The summed E-state index contributed by atoms with van der Waals surface area (Å²) in [7, 11) is 0. The summed E-state index contributed by atoms with van der Waals surface area (Å²) < 4.78 is 13.2. The molecule has 19 heavy (non-hydrogen) atoms. The van der Waals surface area contributed by atoms with E-state index in [4.69, 9.17) is 10.9 Å². The first-order chi connectivity index (χ1) is 9.20. The van der Waals surface area contributed by atoms with Crippen molar-refractivity contribution in [3.63, 3.8) is 0 Å². The molecule has 0 saturated carbocycles. The van der Waals surface area contributed by atoms with Crippen LogP contribution >= 0.6 is 0 Å². The number of benzene rings is 1. The Morgan fingerprint density at radius 3 is 2.79 bits per heavy atom. The number of rotatable bonds is 4. The van der Waals surface area contributed by atoms with E-state index >= 15 is 0 Å². The monoisotopic (exact) mass is 266 g/mol. The first-order valence-corrected chi connectivity index (χ1v) is 6.45. The Labute approximate surface area is 111 Å². The standard InChI is InChI=1S/C13H19FN4O/c14-11-5-4-10(12(8-11)13(15)17-19)9-16-18-6-2-1-3-7-18/h4-5,8,16,19H,1-3,6-7,9H2,(H2,15,17). The van der Waals surface area contributed by atoms with Gasteiger partial charge < -0.3 is 10.9 Å². The van der Waals surface area contributed by atoms with Crippen LogP contribution in [-0.4, -0.2) is 29.1 Å². The predicted molar refractivity (Wildman–Crippen MR) is 71.2 cm³/mol. The molecule has 0 aliphatic carbocycles. The summed E-state index contributed by atoms with van der Waals surface area (Å²) >= 11 is 0. The maximum Gasteiger partial charge on any atom is 0.170 e. The summed E-state index contributed by atoms with van der Waals surface area (Å²) in [6.45, 7) is 2.56. The van der Waals surface area contributed by atoms with Gasteiger partial charge in [-0.2, -0.15) is 0 Å². The lowest BCUT2D eigenvalue weighted by molar-refractivity contribution is 0.151. The summed E-state index contributed by atoms with van der Waals surface area (Å²) in [6, 6.07) is 4.31. The number of hydrazine groups is 1. The van der Waals surface area contributed by atoms with E-state index in [1.807, 2.05) is 0 Å². The number of oxime groups is 1. The van der Waals surface area contributed by atoms with Crippen molar-refractivity contribution in [1.82, 2.24) is 10.4 Å². The minimum Gasteiger partial charge on any atom is -0.409 e. The molecule has 0 unspecified atom stereocenters. The smallest absolute Gasteiger partial charge is 0.170 e. The maximum absolute atomic E-state index is 13.2. The Morgan fingerprint density at radius 1 is 1.37 bits per heavy atom. The zero-order chi connectivity index (χ0) is 13.7. The molecule has 1 saturated heterocycles. The Bertz CT molecular complexity index is 458. The largest absolute Gasteiger partial charge is 0.409 e. The molecule has 1 heterocycles. The van der Waals surface area contributed by atoms with Crippen LogP contribution in [-0.2, 0) is 6.54 Å². The number of hydrogen-bond donors (Lipinski definition) is 3. The highest BCUT2D eigenvalue weighted by molar-refractivity contribution is 5.98. The van der Waals surface area contributed by atoms with Gasteiger partial charge in [-0.25, -0.2) is 9.40 Å². The van der Waals surface area contributed by atoms with Gasteiger partial charge in [0.2, 0.25) is 0 Å². The summed E-state index contributed by atoms with van der Waals surface area (Å²) in [6.07, 6.45) is 3.64. The molecule has 0 bridgehead atoms. The fourth-order valence-electron chi connectivity index (χ4n) is 2.24. The van der Waals surface area contributed by atoms with E-state index in [-0.39, 0.29) is 5.84 Å². The van der Waals surface area contributed by atoms with Crippen molar-refractivity contribution < 1.29 is 9.60 Å². The second-order valence-corrected chi connectivity index (χ2v) is 4.67. The van der Waals surface area contributed by atoms with Crippen molar-refractivity contribution in [1.29, 1.82) is 0 Å². The average Bonchev–Trinajstić information content (AvgIpc) is 2.46. The van der Waals surface area contributed by atoms with Crippen molar-refractivity contribution in [3.05, 3.63) is 35.1 Å². The molecular formula is C13H19FN4O. The molecule has 104 valence electrons. The van der Waals surface area contributed by atoms with Gasteiger partial charge in [-0.15, -0.1) is 0 Å². The van der Waals surface area contributed by atoms with E-state index < -0.39 is 5.82 Å². The summed E-state index contributed by atoms with van der Waals surface area (Å²) in [5.74, 6) is -0.474. The van der Waals surface area contributed by atoms with E-state index in [2.05, 4.69) is 15.6 Å². The Hall–Kier alpha value is -1.66. The van der Waals surface area contributed by atoms with Crippen LogP contribution in [0, 0.1) is 5.82 Å². The van der Waals surface area contributed by atoms with E-state index in [0.717, 1.165) is 18.7 Å². The number of amidine groups is 1. The van der Waals surface area contributed by atoms with Crippen molar-refractivity contribution in [2.75, 3.05) is 13.1 Å². The van der Waals surface area contributed by atoms with Gasteiger partial charge >= 0.3 is 0 Å². The highest BCUT2D eigenvalue weighted by Gasteiger charge is 2.12. The van der Waals surface area contributed by atoms with Gasteiger partial charge in [0.25, 0.3) is 0 Å². The Balaban J connectivity index is 2.06. The van der Waals surface area contributed by atoms with Crippen LogP contribution in [0.5, 0.6) is 0 Å². The molecule has 4 N–H and O–H groups in total. The van der Waals surface area contributed by atoms with Gasteiger partial charge in [-0.05, 0) is 30.5 Å². The molecule has 0 radical (unpaired) electrons. The van der Waals surface area contributed by atoms with Crippen LogP contribution in [0.1, 0.15) is 30.4 Å². The molecule has 6 heteroatoms. The van der Waals surface area contributed by atoms with E-state index in [9.17, 15) is 4.39 Å². The molecule has 5 nitrogen and oxygen atoms in total. The van der Waals surface area contributed by atoms with E-state index in [1.165, 1.54) is 31.4 Å². The van der Waals surface area contributed by atoms with Crippen LogP contribution in [0.15, 0.2) is 23.4 Å². The van der Waals surface area contributed by atoms with Crippen molar-refractivity contribution >= 4 is 5.84 Å². The minimum atomic E-state index is -0.400. The zero-order valence-corrected chi connectivity index (χ0v) is 10.8. The highest BCUT2D eigenvalue weighted by Crippen LogP contribution is 2.12. The summed E-state index contributed by atoms with van der Waals surface area (Å²) in [4.78, 5) is 0. The third kappa shape index (κ3) is 3.65. The molecular weight excluding hydrogens is 247 g/mol. The predicted octanol–water partition coefficient (Wildman–Crippen LogP) is 1.41. The van der Waals surface area contributed by atoms with Crippen molar-refractivity contribution in [2.24, 2.45) is 10.9 Å². The number of nitrogens with zero attached hydrogens (tertiary/aromatic N) is 2. The molecule has 2 rings (SSSR count). The Kier molecular flexibility index (Phi) is 4.70. The second-order valence-electron chi connectivity index (χ2n) is 4.67. The van der Waals surface area contributed by atoms with Gasteiger partial charge in [0.1, 0.15) is 5.82 Å². The quantitative estimate of drug-likeness (QED) is 0.333. The third-order valence-corrected chi connectivity index (χ3v) is 3.30. The fourth-order valence-corrected chi connectivity index (χ4v) is 2.24. The maximum atomic E-state index is 13.2. The molecule has 0 amide bonds. The summed E-state index contributed by atoms with van der Waals surface area (Å²) in [5, 5.41) is 13.8. The molecule has 0 aromatic heterocycles. The minimum absolute atomic E-state index is 0.0741. The summed E-state index contributed by atoms with van der Waals surface area (Å²) in [5.41, 5.74) is 10.1. The molecule has 1 aliphatic heterocycles. The molecule has 1 fully saturated rings. The number of nitrogens with one attached hydrogen (secondary N) is 1. The van der Waals surface area contributed by atoms with Crippen molar-refractivity contribution in [2.45, 2.75) is 25.8 Å². The number of hydrogen-bond acceptors (Lipinski definition) is 4. The molecule has 1 aromatic rings. The van der Waals surface area contributed by atoms with Gasteiger partial charge in [-0.1, -0.05) is 17.6 Å². The van der Waals surface area contributed by atoms with Gasteiger partial charge in [0, 0.05) is 25.2 Å². The lowest BCUT2D eigenvalue weighted by Crippen LogP contribution is -2.41. The van der Waals surface area contributed by atoms with E-state index in [1.54, 1.807) is 6.07 Å². The van der Waals surface area contributed by atoms with Gasteiger partial charge in [0.15, 0.2) is 5.84 Å². The Morgan fingerprint density at radius 2 is 2.11 bits per heavy atom. The van der Waals surface area contributed by atoms with Crippen LogP contribution < -0.4 is 11.2 Å². The topological polar surface area (TPSA) is 73.9 Å². The second kappa shape index (κ2) is 6.49. The molecule has 1 aromatic carbocycles. The number of halogens is 1. The normalized spacial score (nSPS) is 17.6.